The van der Waals surface area contributed by atoms with Gasteiger partial charge in [0.15, 0.2) is 0 Å². The SMILES string of the molecule is C#CCNc1cc(OC[C@H]2C[C@@H]2c2ccc(OC)cn2)nn(C)c1=O. The second kappa shape index (κ2) is 7.26. The zero-order valence-electron chi connectivity index (χ0n) is 14.2. The maximum absolute atomic E-state index is 12.0. The van der Waals surface area contributed by atoms with Crippen LogP contribution in [0.5, 0.6) is 11.6 Å². The van der Waals surface area contributed by atoms with E-state index < -0.39 is 0 Å². The first kappa shape index (κ1) is 16.8. The van der Waals surface area contributed by atoms with E-state index in [1.165, 1.54) is 4.68 Å². The lowest BCUT2D eigenvalue weighted by Gasteiger charge is -2.09. The molecule has 0 radical (unpaired) electrons. The molecule has 0 bridgehead atoms. The van der Waals surface area contributed by atoms with E-state index >= 15 is 0 Å². The minimum atomic E-state index is -0.241. The summed E-state index contributed by atoms with van der Waals surface area (Å²) >= 11 is 0. The first-order valence-electron chi connectivity index (χ1n) is 8.00. The molecular formula is C18H20N4O3. The molecule has 2 heterocycles. The van der Waals surface area contributed by atoms with Gasteiger partial charge in [0.25, 0.3) is 5.56 Å². The number of pyridine rings is 1. The predicted octanol–water partition coefficient (Wildman–Crippen LogP) is 1.41. The maximum Gasteiger partial charge on any atom is 0.290 e. The van der Waals surface area contributed by atoms with E-state index in [1.807, 2.05) is 12.1 Å². The molecular weight excluding hydrogens is 320 g/mol. The molecule has 2 aromatic rings. The molecule has 0 spiro atoms. The summed E-state index contributed by atoms with van der Waals surface area (Å²) in [6, 6.07) is 5.48. The van der Waals surface area contributed by atoms with Crippen LogP contribution in [-0.2, 0) is 7.05 Å². The van der Waals surface area contributed by atoms with Gasteiger partial charge in [-0.05, 0) is 18.6 Å². The van der Waals surface area contributed by atoms with Gasteiger partial charge in [0.05, 0.1) is 26.5 Å². The maximum atomic E-state index is 12.0. The average molecular weight is 340 g/mol. The Morgan fingerprint density at radius 3 is 3.00 bits per heavy atom. The number of nitrogens with zero attached hydrogens (tertiary/aromatic N) is 3. The summed E-state index contributed by atoms with van der Waals surface area (Å²) in [5.74, 6) is 4.36. The molecule has 1 aliphatic carbocycles. The van der Waals surface area contributed by atoms with Crippen molar-refractivity contribution < 1.29 is 9.47 Å². The zero-order valence-corrected chi connectivity index (χ0v) is 14.2. The highest BCUT2D eigenvalue weighted by Gasteiger charge is 2.40. The van der Waals surface area contributed by atoms with Crippen molar-refractivity contribution in [3.63, 3.8) is 0 Å². The van der Waals surface area contributed by atoms with Crippen molar-refractivity contribution in [1.82, 2.24) is 14.8 Å². The van der Waals surface area contributed by atoms with E-state index in [-0.39, 0.29) is 12.1 Å². The highest BCUT2D eigenvalue weighted by Crippen LogP contribution is 2.46. The molecule has 1 aliphatic rings. The monoisotopic (exact) mass is 340 g/mol. The van der Waals surface area contributed by atoms with Crippen LogP contribution in [0.1, 0.15) is 18.0 Å². The Kier molecular flexibility index (Phi) is 4.89. The quantitative estimate of drug-likeness (QED) is 0.768. The molecule has 25 heavy (non-hydrogen) atoms. The Balaban J connectivity index is 1.60. The number of terminal acetylenes is 1. The molecule has 7 nitrogen and oxygen atoms in total. The molecule has 2 aromatic heterocycles. The summed E-state index contributed by atoms with van der Waals surface area (Å²) in [5, 5.41) is 7.00. The van der Waals surface area contributed by atoms with Gasteiger partial charge in [-0.15, -0.1) is 11.5 Å². The minimum absolute atomic E-state index is 0.241. The number of hydrogen-bond acceptors (Lipinski definition) is 6. The van der Waals surface area contributed by atoms with Gasteiger partial charge in [0, 0.05) is 30.6 Å². The first-order chi connectivity index (χ1) is 12.1. The number of ether oxygens (including phenoxy) is 2. The number of nitrogens with one attached hydrogen (secondary N) is 1. The third-order valence-corrected chi connectivity index (χ3v) is 4.16. The van der Waals surface area contributed by atoms with Gasteiger partial charge in [0.1, 0.15) is 11.4 Å². The molecule has 1 fully saturated rings. The number of hydrogen-bond donors (Lipinski definition) is 1. The van der Waals surface area contributed by atoms with Crippen LogP contribution in [0.3, 0.4) is 0 Å². The predicted molar refractivity (Wildman–Crippen MR) is 93.9 cm³/mol. The normalized spacial score (nSPS) is 18.3. The lowest BCUT2D eigenvalue weighted by Crippen LogP contribution is -2.24. The van der Waals surface area contributed by atoms with Gasteiger partial charge in [-0.25, -0.2) is 4.68 Å². The smallest absolute Gasteiger partial charge is 0.290 e. The van der Waals surface area contributed by atoms with Crippen molar-refractivity contribution in [3.05, 3.63) is 40.4 Å². The molecule has 0 saturated heterocycles. The van der Waals surface area contributed by atoms with Gasteiger partial charge in [-0.3, -0.25) is 9.78 Å². The number of anilines is 1. The minimum Gasteiger partial charge on any atom is -0.495 e. The second-order valence-electron chi connectivity index (χ2n) is 5.92. The zero-order chi connectivity index (χ0) is 17.8. The van der Waals surface area contributed by atoms with E-state index in [1.54, 1.807) is 26.4 Å². The molecule has 1 N–H and O–H groups in total. The fourth-order valence-electron chi connectivity index (χ4n) is 2.64. The van der Waals surface area contributed by atoms with Crippen molar-refractivity contribution >= 4 is 5.69 Å². The molecule has 1 saturated carbocycles. The summed E-state index contributed by atoms with van der Waals surface area (Å²) in [7, 11) is 3.20. The van der Waals surface area contributed by atoms with Gasteiger partial charge >= 0.3 is 0 Å². The van der Waals surface area contributed by atoms with Crippen LogP contribution < -0.4 is 20.3 Å². The Labute approximate surface area is 146 Å². The topological polar surface area (TPSA) is 78.3 Å². The third-order valence-electron chi connectivity index (χ3n) is 4.16. The standard InChI is InChI=1S/C18H20N4O3/c1-4-7-19-16-9-17(21-22(2)18(16)23)25-11-12-8-14(12)15-6-5-13(24-3)10-20-15/h1,5-6,9-10,12,14,19H,7-8,11H2,2-3H3/t12-,14+/m1/s1. The lowest BCUT2D eigenvalue weighted by molar-refractivity contribution is 0.278. The fourth-order valence-corrected chi connectivity index (χ4v) is 2.64. The molecule has 0 aromatic carbocycles. The van der Waals surface area contributed by atoms with E-state index in [0.29, 0.717) is 30.0 Å². The van der Waals surface area contributed by atoms with Crippen LogP contribution in [0, 0.1) is 18.3 Å². The van der Waals surface area contributed by atoms with E-state index in [4.69, 9.17) is 15.9 Å². The largest absolute Gasteiger partial charge is 0.495 e. The summed E-state index contributed by atoms with van der Waals surface area (Å²) in [6.07, 6.45) is 7.96. The average Bonchev–Trinajstić information content (AvgIpc) is 3.41. The summed E-state index contributed by atoms with van der Waals surface area (Å²) < 4.78 is 12.1. The van der Waals surface area contributed by atoms with Crippen LogP contribution in [0.15, 0.2) is 29.2 Å². The Morgan fingerprint density at radius 2 is 2.32 bits per heavy atom. The van der Waals surface area contributed by atoms with E-state index in [0.717, 1.165) is 17.9 Å². The van der Waals surface area contributed by atoms with E-state index in [2.05, 4.69) is 21.3 Å². The molecule has 0 unspecified atom stereocenters. The number of aromatic nitrogens is 3. The molecule has 2 atom stereocenters. The molecule has 0 amide bonds. The van der Waals surface area contributed by atoms with Crippen molar-refractivity contribution in [1.29, 1.82) is 0 Å². The summed E-state index contributed by atoms with van der Waals surface area (Å²) in [6.45, 7) is 0.796. The Morgan fingerprint density at radius 1 is 1.48 bits per heavy atom. The fraction of sp³-hybridized carbons (Fsp3) is 0.389. The summed E-state index contributed by atoms with van der Waals surface area (Å²) in [5.41, 5.74) is 1.18. The van der Waals surface area contributed by atoms with Crippen molar-refractivity contribution in [2.45, 2.75) is 12.3 Å². The number of methoxy groups -OCH3 is 1. The van der Waals surface area contributed by atoms with Crippen LogP contribution in [-0.4, -0.2) is 35.0 Å². The molecule has 7 heteroatoms. The first-order valence-corrected chi connectivity index (χ1v) is 8.00. The molecule has 3 rings (SSSR count). The highest BCUT2D eigenvalue weighted by molar-refractivity contribution is 5.44. The van der Waals surface area contributed by atoms with Crippen LogP contribution in [0.4, 0.5) is 5.69 Å². The van der Waals surface area contributed by atoms with Gasteiger partial charge < -0.3 is 14.8 Å². The van der Waals surface area contributed by atoms with Crippen molar-refractivity contribution in [3.8, 4) is 24.0 Å². The Bertz CT molecular complexity index is 839. The van der Waals surface area contributed by atoms with Crippen molar-refractivity contribution in [2.75, 3.05) is 25.6 Å². The van der Waals surface area contributed by atoms with Crippen LogP contribution >= 0.6 is 0 Å². The van der Waals surface area contributed by atoms with Crippen LogP contribution in [0.25, 0.3) is 0 Å². The van der Waals surface area contributed by atoms with Gasteiger partial charge in [-0.2, -0.15) is 0 Å². The molecule has 130 valence electrons. The Hall–Kier alpha value is -3.01. The van der Waals surface area contributed by atoms with Gasteiger partial charge in [-0.1, -0.05) is 5.92 Å². The number of rotatable bonds is 7. The molecule has 0 aliphatic heterocycles. The van der Waals surface area contributed by atoms with Crippen LogP contribution in [0.2, 0.25) is 0 Å². The summed E-state index contributed by atoms with van der Waals surface area (Å²) in [4.78, 5) is 16.4. The van der Waals surface area contributed by atoms with Crippen molar-refractivity contribution in [2.24, 2.45) is 13.0 Å². The number of aryl methyl sites for hydroxylation is 1. The van der Waals surface area contributed by atoms with Gasteiger partial charge in [0.2, 0.25) is 5.88 Å². The lowest BCUT2D eigenvalue weighted by atomic mass is 10.2. The second-order valence-corrected chi connectivity index (χ2v) is 5.92. The highest BCUT2D eigenvalue weighted by atomic mass is 16.5. The van der Waals surface area contributed by atoms with E-state index in [9.17, 15) is 4.79 Å². The third kappa shape index (κ3) is 3.91.